The summed E-state index contributed by atoms with van der Waals surface area (Å²) >= 11 is 0. The summed E-state index contributed by atoms with van der Waals surface area (Å²) in [4.78, 5) is 11.7. The van der Waals surface area contributed by atoms with Crippen LogP contribution >= 0.6 is 0 Å². The Bertz CT molecular complexity index is 407. The van der Waals surface area contributed by atoms with Crippen LogP contribution in [0.2, 0.25) is 0 Å². The van der Waals surface area contributed by atoms with Crippen LogP contribution in [0.1, 0.15) is 37.6 Å². The molecule has 0 aliphatic carbocycles. The first-order chi connectivity index (χ1) is 8.99. The van der Waals surface area contributed by atoms with Crippen molar-refractivity contribution in [2.24, 2.45) is 5.92 Å². The van der Waals surface area contributed by atoms with Crippen LogP contribution in [0.3, 0.4) is 0 Å². The zero-order chi connectivity index (χ0) is 14.3. The Morgan fingerprint density at radius 3 is 2.74 bits per heavy atom. The van der Waals surface area contributed by atoms with Gasteiger partial charge in [0.15, 0.2) is 0 Å². The van der Waals surface area contributed by atoms with E-state index in [1.807, 2.05) is 6.92 Å². The Morgan fingerprint density at radius 2 is 2.11 bits per heavy atom. The molecule has 1 atom stereocenters. The fourth-order valence-corrected chi connectivity index (χ4v) is 1.60. The van der Waals surface area contributed by atoms with E-state index >= 15 is 0 Å². The van der Waals surface area contributed by atoms with E-state index < -0.39 is 11.8 Å². The molecule has 1 aromatic carbocycles. The van der Waals surface area contributed by atoms with Gasteiger partial charge in [-0.15, -0.1) is 0 Å². The minimum absolute atomic E-state index is 0.233. The van der Waals surface area contributed by atoms with Gasteiger partial charge in [-0.2, -0.15) is 0 Å². The Balaban J connectivity index is 2.32. The fraction of sp³-hybridized carbons (Fsp3) is 0.533. The fourth-order valence-electron chi connectivity index (χ4n) is 1.60. The maximum Gasteiger partial charge on any atom is 0.338 e. The molecule has 0 fully saturated rings. The van der Waals surface area contributed by atoms with Crippen LogP contribution in [0.5, 0.6) is 0 Å². The summed E-state index contributed by atoms with van der Waals surface area (Å²) in [6.07, 6.45) is 0.854. The van der Waals surface area contributed by atoms with Crippen LogP contribution in [-0.4, -0.2) is 25.2 Å². The molecule has 0 aliphatic rings. The van der Waals surface area contributed by atoms with Gasteiger partial charge in [-0.3, -0.25) is 0 Å². The summed E-state index contributed by atoms with van der Waals surface area (Å²) in [5, 5.41) is 3.23. The molecule has 0 aromatic heterocycles. The van der Waals surface area contributed by atoms with Crippen LogP contribution < -0.4 is 5.32 Å². The molecule has 0 saturated heterocycles. The van der Waals surface area contributed by atoms with Gasteiger partial charge in [-0.05, 0) is 44.0 Å². The van der Waals surface area contributed by atoms with Gasteiger partial charge in [0.2, 0.25) is 0 Å². The third-order valence-corrected chi connectivity index (χ3v) is 2.70. The maximum atomic E-state index is 13.0. The predicted octanol–water partition coefficient (Wildman–Crippen LogP) is 3.01. The summed E-state index contributed by atoms with van der Waals surface area (Å²) in [6, 6.07) is 5.52. The topological polar surface area (TPSA) is 38.3 Å². The number of ether oxygens (including phenoxy) is 1. The standard InChI is InChI=1S/C15H22FNO2/c1-11(2)7-8-17-10-12(3)19-15(18)13-5-4-6-14(16)9-13/h4-6,9,11-12,17H,7-8,10H2,1-3H3. The van der Waals surface area contributed by atoms with Crippen molar-refractivity contribution in [1.82, 2.24) is 5.32 Å². The SMILES string of the molecule is CC(C)CCNCC(C)OC(=O)c1cccc(F)c1. The van der Waals surface area contributed by atoms with Gasteiger partial charge in [0, 0.05) is 6.54 Å². The van der Waals surface area contributed by atoms with E-state index in [-0.39, 0.29) is 11.7 Å². The number of rotatable bonds is 7. The summed E-state index contributed by atoms with van der Waals surface area (Å²) < 4.78 is 18.2. The lowest BCUT2D eigenvalue weighted by atomic mass is 10.1. The van der Waals surface area contributed by atoms with E-state index in [4.69, 9.17) is 4.74 Å². The quantitative estimate of drug-likeness (QED) is 0.609. The molecule has 0 saturated carbocycles. The molecule has 1 N–H and O–H groups in total. The number of hydrogen-bond donors (Lipinski definition) is 1. The van der Waals surface area contributed by atoms with Crippen LogP contribution in [0, 0.1) is 11.7 Å². The van der Waals surface area contributed by atoms with Crippen LogP contribution in [-0.2, 0) is 4.74 Å². The molecule has 1 unspecified atom stereocenters. The summed E-state index contributed by atoms with van der Waals surface area (Å²) in [6.45, 7) is 7.65. The van der Waals surface area contributed by atoms with Gasteiger partial charge in [0.05, 0.1) is 5.56 Å². The predicted molar refractivity (Wildman–Crippen MR) is 73.6 cm³/mol. The lowest BCUT2D eigenvalue weighted by Crippen LogP contribution is -2.30. The Morgan fingerprint density at radius 1 is 1.37 bits per heavy atom. The van der Waals surface area contributed by atoms with Gasteiger partial charge in [0.1, 0.15) is 11.9 Å². The number of halogens is 1. The Hall–Kier alpha value is -1.42. The summed E-state index contributed by atoms with van der Waals surface area (Å²) in [5.74, 6) is -0.271. The van der Waals surface area contributed by atoms with Crippen LogP contribution in [0.4, 0.5) is 4.39 Å². The minimum atomic E-state index is -0.488. The van der Waals surface area contributed by atoms with Crippen molar-refractivity contribution < 1.29 is 13.9 Å². The molecule has 106 valence electrons. The van der Waals surface area contributed by atoms with E-state index in [1.54, 1.807) is 6.07 Å². The average Bonchev–Trinajstić information content (AvgIpc) is 2.34. The molecule has 1 aromatic rings. The van der Waals surface area contributed by atoms with E-state index in [1.165, 1.54) is 18.2 Å². The molecular weight excluding hydrogens is 245 g/mol. The van der Waals surface area contributed by atoms with Crippen molar-refractivity contribution >= 4 is 5.97 Å². The number of carbonyl (C=O) groups is 1. The Kier molecular flexibility index (Phi) is 6.50. The molecule has 0 aliphatic heterocycles. The normalized spacial score (nSPS) is 12.5. The third kappa shape index (κ3) is 6.34. The molecule has 19 heavy (non-hydrogen) atoms. The van der Waals surface area contributed by atoms with Gasteiger partial charge in [-0.1, -0.05) is 19.9 Å². The first kappa shape index (κ1) is 15.6. The number of nitrogens with one attached hydrogen (secondary N) is 1. The highest BCUT2D eigenvalue weighted by Gasteiger charge is 2.12. The van der Waals surface area contributed by atoms with E-state index in [2.05, 4.69) is 19.2 Å². The van der Waals surface area contributed by atoms with E-state index in [0.29, 0.717) is 12.5 Å². The van der Waals surface area contributed by atoms with E-state index in [0.717, 1.165) is 13.0 Å². The van der Waals surface area contributed by atoms with Crippen molar-refractivity contribution in [1.29, 1.82) is 0 Å². The van der Waals surface area contributed by atoms with Crippen molar-refractivity contribution in [3.63, 3.8) is 0 Å². The van der Waals surface area contributed by atoms with Gasteiger partial charge >= 0.3 is 5.97 Å². The monoisotopic (exact) mass is 267 g/mol. The molecule has 0 bridgehead atoms. The highest BCUT2D eigenvalue weighted by atomic mass is 19.1. The molecule has 0 spiro atoms. The van der Waals surface area contributed by atoms with Crippen molar-refractivity contribution in [2.75, 3.05) is 13.1 Å². The van der Waals surface area contributed by atoms with Gasteiger partial charge in [-0.25, -0.2) is 9.18 Å². The molecule has 1 rings (SSSR count). The van der Waals surface area contributed by atoms with Crippen LogP contribution in [0.25, 0.3) is 0 Å². The second-order valence-corrected chi connectivity index (χ2v) is 5.11. The minimum Gasteiger partial charge on any atom is -0.458 e. The first-order valence-electron chi connectivity index (χ1n) is 6.66. The number of benzene rings is 1. The highest BCUT2D eigenvalue weighted by molar-refractivity contribution is 5.89. The van der Waals surface area contributed by atoms with Gasteiger partial charge in [0.25, 0.3) is 0 Å². The molecule has 3 nitrogen and oxygen atoms in total. The zero-order valence-corrected chi connectivity index (χ0v) is 11.8. The maximum absolute atomic E-state index is 13.0. The van der Waals surface area contributed by atoms with Crippen molar-refractivity contribution in [2.45, 2.75) is 33.3 Å². The van der Waals surface area contributed by atoms with E-state index in [9.17, 15) is 9.18 Å². The summed E-state index contributed by atoms with van der Waals surface area (Å²) in [5.41, 5.74) is 0.244. The third-order valence-electron chi connectivity index (χ3n) is 2.70. The van der Waals surface area contributed by atoms with Crippen molar-refractivity contribution in [3.8, 4) is 0 Å². The Labute approximate surface area is 114 Å². The van der Waals surface area contributed by atoms with Crippen molar-refractivity contribution in [3.05, 3.63) is 35.6 Å². The van der Waals surface area contributed by atoms with Crippen LogP contribution in [0.15, 0.2) is 24.3 Å². The number of carbonyl (C=O) groups excluding carboxylic acids is 1. The first-order valence-corrected chi connectivity index (χ1v) is 6.66. The largest absolute Gasteiger partial charge is 0.458 e. The van der Waals surface area contributed by atoms with Gasteiger partial charge < -0.3 is 10.1 Å². The molecule has 4 heteroatoms. The lowest BCUT2D eigenvalue weighted by Gasteiger charge is -2.14. The number of esters is 1. The zero-order valence-electron chi connectivity index (χ0n) is 11.8. The molecule has 0 radical (unpaired) electrons. The smallest absolute Gasteiger partial charge is 0.338 e. The molecule has 0 heterocycles. The average molecular weight is 267 g/mol. The summed E-state index contributed by atoms with van der Waals surface area (Å²) in [7, 11) is 0. The highest BCUT2D eigenvalue weighted by Crippen LogP contribution is 2.06. The lowest BCUT2D eigenvalue weighted by molar-refractivity contribution is 0.0341. The molecular formula is C15H22FNO2. The second-order valence-electron chi connectivity index (χ2n) is 5.11. The number of hydrogen-bond acceptors (Lipinski definition) is 3. The molecule has 0 amide bonds. The second kappa shape index (κ2) is 7.89.